The van der Waals surface area contributed by atoms with Gasteiger partial charge in [0.05, 0.1) is 11.7 Å². The standard InChI is InChI=1S/C18H29N5O/c1-12(9-10-13-7-5-6-8-13)20-17-21-15-14(16(24)22-17)11-19-23(15)18(2,3)4/h11-13H,5-10H2,1-4H3,(H2,20,21,22,24). The first-order valence-corrected chi connectivity index (χ1v) is 9.09. The Morgan fingerprint density at radius 2 is 2.08 bits per heavy atom. The average Bonchev–Trinajstić information content (AvgIpc) is 3.13. The third kappa shape index (κ3) is 3.62. The molecule has 0 radical (unpaired) electrons. The van der Waals surface area contributed by atoms with Crippen molar-refractivity contribution in [2.75, 3.05) is 5.32 Å². The van der Waals surface area contributed by atoms with E-state index in [1.807, 2.05) is 4.68 Å². The average molecular weight is 331 g/mol. The number of H-pyrrole nitrogens is 1. The van der Waals surface area contributed by atoms with Crippen LogP contribution in [0.2, 0.25) is 0 Å². The Morgan fingerprint density at radius 1 is 1.38 bits per heavy atom. The lowest BCUT2D eigenvalue weighted by Crippen LogP contribution is -2.25. The molecular formula is C18H29N5O. The Balaban J connectivity index is 1.75. The van der Waals surface area contributed by atoms with Crippen LogP contribution in [-0.4, -0.2) is 25.8 Å². The summed E-state index contributed by atoms with van der Waals surface area (Å²) in [4.78, 5) is 19.8. The van der Waals surface area contributed by atoms with Crippen LogP contribution in [0.5, 0.6) is 0 Å². The van der Waals surface area contributed by atoms with Crippen molar-refractivity contribution in [1.29, 1.82) is 0 Å². The maximum atomic E-state index is 12.3. The van der Waals surface area contributed by atoms with E-state index in [0.29, 0.717) is 17.0 Å². The zero-order chi connectivity index (χ0) is 17.3. The molecule has 0 saturated heterocycles. The van der Waals surface area contributed by atoms with E-state index in [-0.39, 0.29) is 17.1 Å². The molecule has 0 bridgehead atoms. The van der Waals surface area contributed by atoms with E-state index >= 15 is 0 Å². The summed E-state index contributed by atoms with van der Waals surface area (Å²) in [5.41, 5.74) is 0.284. The molecule has 1 fully saturated rings. The van der Waals surface area contributed by atoms with Crippen molar-refractivity contribution in [2.24, 2.45) is 5.92 Å². The number of aromatic amines is 1. The lowest BCUT2D eigenvalue weighted by atomic mass is 9.99. The fourth-order valence-electron chi connectivity index (χ4n) is 3.57. The SMILES string of the molecule is CC(CCC1CCCC1)Nc1nc2c(cnn2C(C)(C)C)c(=O)[nH]1. The van der Waals surface area contributed by atoms with Gasteiger partial charge in [0, 0.05) is 6.04 Å². The van der Waals surface area contributed by atoms with Crippen LogP contribution in [0.3, 0.4) is 0 Å². The molecule has 2 aromatic heterocycles. The monoisotopic (exact) mass is 331 g/mol. The highest BCUT2D eigenvalue weighted by molar-refractivity contribution is 5.74. The molecule has 1 atom stereocenters. The second kappa shape index (κ2) is 6.57. The molecular weight excluding hydrogens is 302 g/mol. The van der Waals surface area contributed by atoms with Crippen molar-refractivity contribution >= 4 is 17.0 Å². The van der Waals surface area contributed by atoms with E-state index in [0.717, 1.165) is 12.3 Å². The Bertz CT molecular complexity index is 749. The number of hydrogen-bond acceptors (Lipinski definition) is 4. The summed E-state index contributed by atoms with van der Waals surface area (Å²) < 4.78 is 1.81. The van der Waals surface area contributed by atoms with Crippen molar-refractivity contribution < 1.29 is 0 Å². The van der Waals surface area contributed by atoms with Crippen LogP contribution in [0.1, 0.15) is 66.2 Å². The van der Waals surface area contributed by atoms with Crippen molar-refractivity contribution in [3.8, 4) is 0 Å². The maximum Gasteiger partial charge on any atom is 0.263 e. The van der Waals surface area contributed by atoms with Crippen LogP contribution >= 0.6 is 0 Å². The van der Waals surface area contributed by atoms with Crippen molar-refractivity contribution in [2.45, 2.75) is 77.8 Å². The smallest absolute Gasteiger partial charge is 0.263 e. The first-order chi connectivity index (χ1) is 11.3. The molecule has 1 aliphatic rings. The molecule has 132 valence electrons. The summed E-state index contributed by atoms with van der Waals surface area (Å²) in [5.74, 6) is 1.42. The minimum atomic E-state index is -0.214. The lowest BCUT2D eigenvalue weighted by molar-refractivity contribution is 0.366. The van der Waals surface area contributed by atoms with E-state index in [1.165, 1.54) is 32.1 Å². The molecule has 3 rings (SSSR count). The molecule has 1 aliphatic carbocycles. The molecule has 6 heteroatoms. The van der Waals surface area contributed by atoms with E-state index in [1.54, 1.807) is 6.20 Å². The molecule has 1 unspecified atom stereocenters. The van der Waals surface area contributed by atoms with Crippen molar-refractivity contribution in [3.05, 3.63) is 16.6 Å². The number of nitrogens with one attached hydrogen (secondary N) is 2. The minimum absolute atomic E-state index is 0.138. The summed E-state index contributed by atoms with van der Waals surface area (Å²) in [5, 5.41) is 8.24. The topological polar surface area (TPSA) is 75.6 Å². The third-order valence-electron chi connectivity index (χ3n) is 4.94. The quantitative estimate of drug-likeness (QED) is 0.877. The van der Waals surface area contributed by atoms with Gasteiger partial charge in [0.2, 0.25) is 5.95 Å². The van der Waals surface area contributed by atoms with Gasteiger partial charge in [-0.3, -0.25) is 9.78 Å². The Kier molecular flexibility index (Phi) is 4.65. The second-order valence-corrected chi connectivity index (χ2v) is 8.15. The summed E-state index contributed by atoms with van der Waals surface area (Å²) in [7, 11) is 0. The van der Waals surface area contributed by atoms with Gasteiger partial charge in [0.15, 0.2) is 5.65 Å². The van der Waals surface area contributed by atoms with Gasteiger partial charge < -0.3 is 5.32 Å². The Labute approximate surface area is 143 Å². The van der Waals surface area contributed by atoms with Gasteiger partial charge in [-0.1, -0.05) is 25.7 Å². The molecule has 2 N–H and O–H groups in total. The van der Waals surface area contributed by atoms with E-state index in [4.69, 9.17) is 0 Å². The fourth-order valence-corrected chi connectivity index (χ4v) is 3.57. The zero-order valence-electron chi connectivity index (χ0n) is 15.2. The Morgan fingerprint density at radius 3 is 2.75 bits per heavy atom. The van der Waals surface area contributed by atoms with E-state index in [2.05, 4.69) is 48.1 Å². The summed E-state index contributed by atoms with van der Waals surface area (Å²) in [6.45, 7) is 8.32. The van der Waals surface area contributed by atoms with Gasteiger partial charge >= 0.3 is 0 Å². The molecule has 6 nitrogen and oxygen atoms in total. The van der Waals surface area contributed by atoms with Gasteiger partial charge in [-0.15, -0.1) is 0 Å². The second-order valence-electron chi connectivity index (χ2n) is 8.15. The molecule has 0 aromatic carbocycles. The molecule has 2 heterocycles. The maximum absolute atomic E-state index is 12.3. The minimum Gasteiger partial charge on any atom is -0.353 e. The molecule has 1 saturated carbocycles. The lowest BCUT2D eigenvalue weighted by Gasteiger charge is -2.20. The van der Waals surface area contributed by atoms with Crippen molar-refractivity contribution in [3.63, 3.8) is 0 Å². The summed E-state index contributed by atoms with van der Waals surface area (Å²) >= 11 is 0. The van der Waals surface area contributed by atoms with Crippen LogP contribution < -0.4 is 10.9 Å². The largest absolute Gasteiger partial charge is 0.353 e. The van der Waals surface area contributed by atoms with Gasteiger partial charge in [0.25, 0.3) is 5.56 Å². The van der Waals surface area contributed by atoms with E-state index < -0.39 is 0 Å². The molecule has 2 aromatic rings. The fraction of sp³-hybridized carbons (Fsp3) is 0.722. The van der Waals surface area contributed by atoms with Crippen LogP contribution in [0.25, 0.3) is 11.0 Å². The number of rotatable bonds is 5. The highest BCUT2D eigenvalue weighted by Gasteiger charge is 2.20. The van der Waals surface area contributed by atoms with Gasteiger partial charge in [0.1, 0.15) is 5.39 Å². The van der Waals surface area contributed by atoms with Crippen molar-refractivity contribution in [1.82, 2.24) is 19.7 Å². The molecule has 0 spiro atoms. The zero-order valence-corrected chi connectivity index (χ0v) is 15.2. The predicted molar refractivity (Wildman–Crippen MR) is 97.4 cm³/mol. The van der Waals surface area contributed by atoms with Crippen LogP contribution in [0, 0.1) is 5.92 Å². The predicted octanol–water partition coefficient (Wildman–Crippen LogP) is 3.65. The van der Waals surface area contributed by atoms with E-state index in [9.17, 15) is 4.79 Å². The van der Waals surface area contributed by atoms with Gasteiger partial charge in [-0.2, -0.15) is 10.1 Å². The van der Waals surface area contributed by atoms with Crippen LogP contribution in [0.15, 0.2) is 11.0 Å². The molecule has 24 heavy (non-hydrogen) atoms. The first-order valence-electron chi connectivity index (χ1n) is 9.09. The summed E-state index contributed by atoms with van der Waals surface area (Å²) in [6.07, 6.45) is 9.46. The number of fused-ring (bicyclic) bond motifs is 1. The third-order valence-corrected chi connectivity index (χ3v) is 4.94. The van der Waals surface area contributed by atoms with Crippen LogP contribution in [-0.2, 0) is 5.54 Å². The number of nitrogens with zero attached hydrogens (tertiary/aromatic N) is 3. The van der Waals surface area contributed by atoms with Gasteiger partial charge in [-0.05, 0) is 46.5 Å². The van der Waals surface area contributed by atoms with Gasteiger partial charge in [-0.25, -0.2) is 4.68 Å². The number of aromatic nitrogens is 4. The first kappa shape index (κ1) is 17.0. The summed E-state index contributed by atoms with van der Waals surface area (Å²) in [6, 6.07) is 0.289. The highest BCUT2D eigenvalue weighted by atomic mass is 16.1. The normalized spacial score (nSPS) is 17.5. The number of hydrogen-bond donors (Lipinski definition) is 2. The highest BCUT2D eigenvalue weighted by Crippen LogP contribution is 2.29. The number of anilines is 1. The molecule has 0 amide bonds. The molecule has 0 aliphatic heterocycles. The van der Waals surface area contributed by atoms with Crippen LogP contribution in [0.4, 0.5) is 5.95 Å². The Hall–Kier alpha value is -1.85.